The number of benzene rings is 1. The minimum Gasteiger partial charge on any atom is -0.397 e. The number of nitrogens with one attached hydrogen (secondary N) is 1. The first-order chi connectivity index (χ1) is 10.8. The van der Waals surface area contributed by atoms with E-state index in [0.717, 1.165) is 0 Å². The van der Waals surface area contributed by atoms with Crippen molar-refractivity contribution in [2.75, 3.05) is 5.73 Å². The number of amides is 2. The predicted molar refractivity (Wildman–Crippen MR) is 85.2 cm³/mol. The highest BCUT2D eigenvalue weighted by molar-refractivity contribution is 5.97. The van der Waals surface area contributed by atoms with E-state index >= 15 is 0 Å². The molecule has 0 aliphatic heterocycles. The molecule has 7 heteroatoms. The fourth-order valence-corrected chi connectivity index (χ4v) is 2.03. The van der Waals surface area contributed by atoms with Gasteiger partial charge >= 0.3 is 0 Å². The van der Waals surface area contributed by atoms with Crippen LogP contribution in [0.1, 0.15) is 34.7 Å². The molecule has 0 aliphatic carbocycles. The van der Waals surface area contributed by atoms with Crippen LogP contribution in [0.5, 0.6) is 0 Å². The van der Waals surface area contributed by atoms with E-state index in [2.05, 4.69) is 10.3 Å². The van der Waals surface area contributed by atoms with Gasteiger partial charge in [0.15, 0.2) is 5.69 Å². The van der Waals surface area contributed by atoms with E-state index in [1.54, 1.807) is 0 Å². The van der Waals surface area contributed by atoms with Crippen molar-refractivity contribution in [2.24, 2.45) is 5.73 Å². The molecule has 0 bridgehead atoms. The van der Waals surface area contributed by atoms with Gasteiger partial charge in [-0.1, -0.05) is 0 Å². The number of pyridine rings is 1. The van der Waals surface area contributed by atoms with Crippen LogP contribution in [0, 0.1) is 5.82 Å². The maximum Gasteiger partial charge on any atom is 0.269 e. The molecule has 2 amide bonds. The summed E-state index contributed by atoms with van der Waals surface area (Å²) in [7, 11) is 0. The second-order valence-corrected chi connectivity index (χ2v) is 5.32. The molecule has 0 saturated carbocycles. The van der Waals surface area contributed by atoms with Gasteiger partial charge in [0, 0.05) is 17.2 Å². The van der Waals surface area contributed by atoms with Gasteiger partial charge in [-0.05, 0) is 44.2 Å². The third-order valence-electron chi connectivity index (χ3n) is 3.08. The number of nitrogens with two attached hydrogens (primary N) is 2. The molecule has 0 spiro atoms. The molecule has 120 valence electrons. The number of nitrogens with zero attached hydrogens (tertiary/aromatic N) is 1. The lowest BCUT2D eigenvalue weighted by Crippen LogP contribution is -2.30. The SMILES string of the molecule is CC(C)NC(=O)c1ccc(F)c(-c2ccc(N)c(C(N)=O)n2)c1. The Bertz CT molecular complexity index is 775. The third kappa shape index (κ3) is 3.63. The molecule has 0 saturated heterocycles. The molecule has 23 heavy (non-hydrogen) atoms. The molecular weight excluding hydrogens is 299 g/mol. The second kappa shape index (κ2) is 6.43. The quantitative estimate of drug-likeness (QED) is 0.797. The van der Waals surface area contributed by atoms with Crippen LogP contribution in [0.15, 0.2) is 30.3 Å². The molecule has 0 unspecified atom stereocenters. The number of halogens is 1. The molecular formula is C16H17FN4O2. The normalized spacial score (nSPS) is 10.6. The van der Waals surface area contributed by atoms with Gasteiger partial charge in [0.2, 0.25) is 0 Å². The van der Waals surface area contributed by atoms with Crippen molar-refractivity contribution >= 4 is 17.5 Å². The molecule has 2 rings (SSSR count). The van der Waals surface area contributed by atoms with Gasteiger partial charge in [0.05, 0.1) is 11.4 Å². The largest absolute Gasteiger partial charge is 0.397 e. The molecule has 1 aromatic carbocycles. The summed E-state index contributed by atoms with van der Waals surface area (Å²) < 4.78 is 14.1. The van der Waals surface area contributed by atoms with Gasteiger partial charge in [-0.25, -0.2) is 9.37 Å². The summed E-state index contributed by atoms with van der Waals surface area (Å²) in [6, 6.07) is 6.76. The molecule has 0 aliphatic rings. The van der Waals surface area contributed by atoms with E-state index in [4.69, 9.17) is 11.5 Å². The van der Waals surface area contributed by atoms with Crippen molar-refractivity contribution in [3.05, 3.63) is 47.4 Å². The summed E-state index contributed by atoms with van der Waals surface area (Å²) in [5.74, 6) is -1.70. The van der Waals surface area contributed by atoms with Crippen LogP contribution < -0.4 is 16.8 Å². The Balaban J connectivity index is 2.49. The van der Waals surface area contributed by atoms with Crippen LogP contribution in [-0.4, -0.2) is 22.8 Å². The lowest BCUT2D eigenvalue weighted by molar-refractivity contribution is 0.0941. The standard InChI is InChI=1S/C16H17FN4O2/c1-8(2)20-16(23)9-3-4-11(17)10(7-9)13-6-5-12(18)14(21-13)15(19)22/h3-8H,18H2,1-2H3,(H2,19,22)(H,20,23). The maximum atomic E-state index is 14.1. The Morgan fingerprint density at radius 2 is 1.91 bits per heavy atom. The highest BCUT2D eigenvalue weighted by Crippen LogP contribution is 2.24. The molecule has 0 fully saturated rings. The van der Waals surface area contributed by atoms with Gasteiger partial charge in [-0.2, -0.15) is 0 Å². The fourth-order valence-electron chi connectivity index (χ4n) is 2.03. The number of hydrogen-bond donors (Lipinski definition) is 3. The fraction of sp³-hybridized carbons (Fsp3) is 0.188. The topological polar surface area (TPSA) is 111 Å². The Hall–Kier alpha value is -2.96. The summed E-state index contributed by atoms with van der Waals surface area (Å²) >= 11 is 0. The van der Waals surface area contributed by atoms with Crippen LogP contribution in [0.2, 0.25) is 0 Å². The van der Waals surface area contributed by atoms with Crippen molar-refractivity contribution < 1.29 is 14.0 Å². The lowest BCUT2D eigenvalue weighted by atomic mass is 10.1. The zero-order valence-electron chi connectivity index (χ0n) is 12.8. The van der Waals surface area contributed by atoms with E-state index in [-0.39, 0.29) is 40.2 Å². The van der Waals surface area contributed by atoms with Gasteiger partial charge in [0.25, 0.3) is 11.8 Å². The average molecular weight is 316 g/mol. The Morgan fingerprint density at radius 3 is 2.52 bits per heavy atom. The zero-order chi connectivity index (χ0) is 17.1. The Kier molecular flexibility index (Phi) is 4.59. The smallest absolute Gasteiger partial charge is 0.269 e. The number of rotatable bonds is 4. The first-order valence-electron chi connectivity index (χ1n) is 6.96. The first kappa shape index (κ1) is 16.4. The van der Waals surface area contributed by atoms with Crippen LogP contribution in [0.3, 0.4) is 0 Å². The number of carbonyl (C=O) groups excluding carboxylic acids is 2. The molecule has 1 aromatic heterocycles. The van der Waals surface area contributed by atoms with Crippen LogP contribution in [-0.2, 0) is 0 Å². The summed E-state index contributed by atoms with van der Waals surface area (Å²) in [5.41, 5.74) is 11.3. The highest BCUT2D eigenvalue weighted by Gasteiger charge is 2.15. The molecule has 6 nitrogen and oxygen atoms in total. The summed E-state index contributed by atoms with van der Waals surface area (Å²) in [4.78, 5) is 27.3. The Labute approximate surface area is 132 Å². The summed E-state index contributed by atoms with van der Waals surface area (Å²) in [6.07, 6.45) is 0. The lowest BCUT2D eigenvalue weighted by Gasteiger charge is -2.11. The van der Waals surface area contributed by atoms with E-state index in [9.17, 15) is 14.0 Å². The monoisotopic (exact) mass is 316 g/mol. The van der Waals surface area contributed by atoms with E-state index in [1.807, 2.05) is 13.8 Å². The number of nitrogen functional groups attached to an aromatic ring is 1. The molecule has 1 heterocycles. The molecule has 5 N–H and O–H groups in total. The second-order valence-electron chi connectivity index (χ2n) is 5.32. The van der Waals surface area contributed by atoms with Crippen molar-refractivity contribution in [2.45, 2.75) is 19.9 Å². The Morgan fingerprint density at radius 1 is 1.22 bits per heavy atom. The van der Waals surface area contributed by atoms with Gasteiger partial charge in [0.1, 0.15) is 5.82 Å². The molecule has 2 aromatic rings. The van der Waals surface area contributed by atoms with E-state index in [1.165, 1.54) is 30.3 Å². The minimum absolute atomic E-state index is 0.0490. The van der Waals surface area contributed by atoms with Crippen molar-refractivity contribution in [3.8, 4) is 11.3 Å². The van der Waals surface area contributed by atoms with Crippen LogP contribution in [0.25, 0.3) is 11.3 Å². The van der Waals surface area contributed by atoms with Gasteiger partial charge < -0.3 is 16.8 Å². The number of aromatic nitrogens is 1. The van der Waals surface area contributed by atoms with Crippen LogP contribution in [0.4, 0.5) is 10.1 Å². The number of hydrogen-bond acceptors (Lipinski definition) is 4. The number of primary amides is 1. The summed E-state index contributed by atoms with van der Waals surface area (Å²) in [6.45, 7) is 3.64. The predicted octanol–water partition coefficient (Wildman–Crippen LogP) is 1.71. The average Bonchev–Trinajstić information content (AvgIpc) is 2.47. The van der Waals surface area contributed by atoms with Crippen molar-refractivity contribution in [1.82, 2.24) is 10.3 Å². The molecule has 0 radical (unpaired) electrons. The van der Waals surface area contributed by atoms with Crippen molar-refractivity contribution in [1.29, 1.82) is 0 Å². The van der Waals surface area contributed by atoms with E-state index < -0.39 is 11.7 Å². The van der Waals surface area contributed by atoms with Crippen LogP contribution >= 0.6 is 0 Å². The van der Waals surface area contributed by atoms with Crippen molar-refractivity contribution in [3.63, 3.8) is 0 Å². The van der Waals surface area contributed by atoms with Gasteiger partial charge in [-0.3, -0.25) is 9.59 Å². The third-order valence-corrected chi connectivity index (χ3v) is 3.08. The highest BCUT2D eigenvalue weighted by atomic mass is 19.1. The van der Waals surface area contributed by atoms with E-state index in [0.29, 0.717) is 0 Å². The number of anilines is 1. The van der Waals surface area contributed by atoms with Gasteiger partial charge in [-0.15, -0.1) is 0 Å². The first-order valence-corrected chi connectivity index (χ1v) is 6.96. The molecule has 0 atom stereocenters. The minimum atomic E-state index is -0.807. The summed E-state index contributed by atoms with van der Waals surface area (Å²) in [5, 5.41) is 2.72. The zero-order valence-corrected chi connectivity index (χ0v) is 12.8. The number of carbonyl (C=O) groups is 2. The maximum absolute atomic E-state index is 14.1.